The lowest BCUT2D eigenvalue weighted by atomic mass is 10.2. The number of rotatable bonds is 9. The highest BCUT2D eigenvalue weighted by molar-refractivity contribution is 14.0. The second-order valence-electron chi connectivity index (χ2n) is 4.85. The van der Waals surface area contributed by atoms with E-state index in [9.17, 15) is 8.42 Å². The number of halogens is 1. The van der Waals surface area contributed by atoms with Crippen molar-refractivity contribution in [1.82, 2.24) is 10.6 Å². The van der Waals surface area contributed by atoms with Crippen LogP contribution in [0.5, 0.6) is 0 Å². The number of aliphatic imine (C=N–C) groups is 1. The third-order valence-corrected chi connectivity index (χ3v) is 4.66. The first-order valence-corrected chi connectivity index (χ1v) is 9.07. The van der Waals surface area contributed by atoms with E-state index < -0.39 is 9.84 Å². The van der Waals surface area contributed by atoms with Crippen molar-refractivity contribution in [3.63, 3.8) is 0 Å². The predicted molar refractivity (Wildman–Crippen MR) is 105 cm³/mol. The van der Waals surface area contributed by atoms with Crippen molar-refractivity contribution in [2.75, 3.05) is 39.6 Å². The van der Waals surface area contributed by atoms with E-state index in [-0.39, 0.29) is 35.5 Å². The van der Waals surface area contributed by atoms with Crippen LogP contribution in [0.25, 0.3) is 0 Å². The highest BCUT2D eigenvalue weighted by atomic mass is 127. The van der Waals surface area contributed by atoms with Gasteiger partial charge in [0.05, 0.1) is 18.1 Å². The maximum Gasteiger partial charge on any atom is 0.191 e. The first kappa shape index (κ1) is 22.1. The number of sulfone groups is 1. The van der Waals surface area contributed by atoms with Crippen molar-refractivity contribution in [2.24, 2.45) is 4.99 Å². The summed E-state index contributed by atoms with van der Waals surface area (Å²) in [4.78, 5) is 4.05. The van der Waals surface area contributed by atoms with Gasteiger partial charge in [-0.25, -0.2) is 8.42 Å². The number of nitrogens with one attached hydrogen (secondary N) is 2. The van der Waals surface area contributed by atoms with E-state index in [0.29, 0.717) is 32.1 Å². The number of nitrogens with zero attached hydrogens (tertiary/aromatic N) is 1. The topological polar surface area (TPSA) is 79.8 Å². The Morgan fingerprint density at radius 1 is 1.17 bits per heavy atom. The Morgan fingerprint density at radius 3 is 2.43 bits per heavy atom. The Balaban J connectivity index is 0.00000484. The molecule has 1 aromatic carbocycles. The van der Waals surface area contributed by atoms with Gasteiger partial charge in [0.2, 0.25) is 0 Å². The molecule has 1 aromatic rings. The minimum absolute atomic E-state index is 0. The maximum atomic E-state index is 12.0. The summed E-state index contributed by atoms with van der Waals surface area (Å²) in [5.41, 5.74) is 0.826. The molecular formula is C15H26IN3O3S. The average molecular weight is 455 g/mol. The molecule has 0 spiro atoms. The molecule has 0 aliphatic rings. The molecule has 23 heavy (non-hydrogen) atoms. The zero-order chi connectivity index (χ0) is 16.3. The van der Waals surface area contributed by atoms with E-state index in [4.69, 9.17) is 4.74 Å². The Morgan fingerprint density at radius 2 is 1.83 bits per heavy atom. The number of hydrogen-bond acceptors (Lipinski definition) is 4. The molecule has 8 heteroatoms. The first-order valence-electron chi connectivity index (χ1n) is 7.25. The van der Waals surface area contributed by atoms with Gasteiger partial charge in [-0.05, 0) is 12.0 Å². The van der Waals surface area contributed by atoms with E-state index in [0.717, 1.165) is 5.56 Å². The fourth-order valence-electron chi connectivity index (χ4n) is 1.89. The molecule has 1 rings (SSSR count). The summed E-state index contributed by atoms with van der Waals surface area (Å²) in [7, 11) is 0.229. The van der Waals surface area contributed by atoms with Gasteiger partial charge in [0.1, 0.15) is 0 Å². The SMILES string of the molecule is CN=C(NCCCS(=O)(=O)Cc1ccccc1)NCCOC.I. The van der Waals surface area contributed by atoms with Gasteiger partial charge in [-0.2, -0.15) is 0 Å². The lowest BCUT2D eigenvalue weighted by Gasteiger charge is -2.11. The summed E-state index contributed by atoms with van der Waals surface area (Å²) in [5.74, 6) is 0.899. The van der Waals surface area contributed by atoms with Crippen LogP contribution in [0, 0.1) is 0 Å². The van der Waals surface area contributed by atoms with Crippen LogP contribution in [-0.4, -0.2) is 54.0 Å². The third kappa shape index (κ3) is 10.5. The Kier molecular flexibility index (Phi) is 12.1. The van der Waals surface area contributed by atoms with Crippen molar-refractivity contribution < 1.29 is 13.2 Å². The van der Waals surface area contributed by atoms with Crippen LogP contribution in [0.4, 0.5) is 0 Å². The molecule has 0 aliphatic heterocycles. The molecule has 0 saturated heterocycles. The number of benzene rings is 1. The van der Waals surface area contributed by atoms with Gasteiger partial charge in [-0.1, -0.05) is 30.3 Å². The summed E-state index contributed by atoms with van der Waals surface area (Å²) >= 11 is 0. The number of ether oxygens (including phenoxy) is 1. The Hall–Kier alpha value is -0.870. The fraction of sp³-hybridized carbons (Fsp3) is 0.533. The van der Waals surface area contributed by atoms with Gasteiger partial charge in [-0.3, -0.25) is 4.99 Å². The van der Waals surface area contributed by atoms with Crippen molar-refractivity contribution in [1.29, 1.82) is 0 Å². The average Bonchev–Trinajstić information content (AvgIpc) is 2.50. The molecule has 0 bridgehead atoms. The molecule has 0 fully saturated rings. The molecule has 0 heterocycles. The molecule has 0 amide bonds. The van der Waals surface area contributed by atoms with Crippen LogP contribution in [0.1, 0.15) is 12.0 Å². The molecular weight excluding hydrogens is 429 g/mol. The highest BCUT2D eigenvalue weighted by Gasteiger charge is 2.11. The summed E-state index contributed by atoms with van der Waals surface area (Å²) in [6.45, 7) is 1.80. The van der Waals surface area contributed by atoms with Gasteiger partial charge < -0.3 is 15.4 Å². The van der Waals surface area contributed by atoms with Crippen LogP contribution in [0.15, 0.2) is 35.3 Å². The van der Waals surface area contributed by atoms with Gasteiger partial charge in [-0.15, -0.1) is 24.0 Å². The smallest absolute Gasteiger partial charge is 0.191 e. The zero-order valence-electron chi connectivity index (χ0n) is 13.6. The normalized spacial score (nSPS) is 11.7. The molecule has 0 aliphatic carbocycles. The lowest BCUT2D eigenvalue weighted by Crippen LogP contribution is -2.39. The second kappa shape index (κ2) is 12.5. The molecule has 0 saturated carbocycles. The van der Waals surface area contributed by atoms with Crippen LogP contribution in [0.2, 0.25) is 0 Å². The molecule has 2 N–H and O–H groups in total. The maximum absolute atomic E-state index is 12.0. The predicted octanol–water partition coefficient (Wildman–Crippen LogP) is 1.42. The van der Waals surface area contributed by atoms with Crippen molar-refractivity contribution in [3.05, 3.63) is 35.9 Å². The monoisotopic (exact) mass is 455 g/mol. The van der Waals surface area contributed by atoms with Crippen LogP contribution in [0.3, 0.4) is 0 Å². The highest BCUT2D eigenvalue weighted by Crippen LogP contribution is 2.06. The standard InChI is InChI=1S/C15H25N3O3S.HI/c1-16-15(18-10-11-21-2)17-9-6-12-22(19,20)13-14-7-4-3-5-8-14;/h3-5,7-8H,6,9-13H2,1-2H3,(H2,16,17,18);1H. The van der Waals surface area contributed by atoms with Gasteiger partial charge in [0.15, 0.2) is 15.8 Å². The van der Waals surface area contributed by atoms with E-state index >= 15 is 0 Å². The molecule has 6 nitrogen and oxygen atoms in total. The van der Waals surface area contributed by atoms with Crippen LogP contribution < -0.4 is 10.6 Å². The minimum Gasteiger partial charge on any atom is -0.383 e. The summed E-state index contributed by atoms with van der Waals surface area (Å²) in [5, 5.41) is 6.16. The Bertz CT molecular complexity index is 550. The Labute approximate surface area is 156 Å². The number of guanidine groups is 1. The molecule has 0 atom stereocenters. The minimum atomic E-state index is -3.08. The van der Waals surface area contributed by atoms with Gasteiger partial charge >= 0.3 is 0 Å². The third-order valence-electron chi connectivity index (χ3n) is 2.98. The second-order valence-corrected chi connectivity index (χ2v) is 7.03. The van der Waals surface area contributed by atoms with Gasteiger partial charge in [0.25, 0.3) is 0 Å². The van der Waals surface area contributed by atoms with Gasteiger partial charge in [0, 0.05) is 27.2 Å². The van der Waals surface area contributed by atoms with Crippen molar-refractivity contribution in [2.45, 2.75) is 12.2 Å². The number of methoxy groups -OCH3 is 1. The summed E-state index contributed by atoms with van der Waals surface area (Å²) in [6.07, 6.45) is 0.542. The van der Waals surface area contributed by atoms with E-state index in [2.05, 4.69) is 15.6 Å². The fourth-order valence-corrected chi connectivity index (χ4v) is 3.32. The largest absolute Gasteiger partial charge is 0.383 e. The summed E-state index contributed by atoms with van der Waals surface area (Å²) in [6, 6.07) is 9.24. The molecule has 0 radical (unpaired) electrons. The summed E-state index contributed by atoms with van der Waals surface area (Å²) < 4.78 is 29.0. The first-order chi connectivity index (χ1) is 10.6. The van der Waals surface area contributed by atoms with E-state index in [1.54, 1.807) is 14.2 Å². The van der Waals surface area contributed by atoms with Crippen molar-refractivity contribution >= 4 is 39.8 Å². The molecule has 0 aromatic heterocycles. The molecule has 132 valence electrons. The number of hydrogen-bond donors (Lipinski definition) is 2. The molecule has 0 unspecified atom stereocenters. The van der Waals surface area contributed by atoms with Crippen LogP contribution >= 0.6 is 24.0 Å². The van der Waals surface area contributed by atoms with E-state index in [1.165, 1.54) is 0 Å². The van der Waals surface area contributed by atoms with Crippen LogP contribution in [-0.2, 0) is 20.3 Å². The van der Waals surface area contributed by atoms with Crippen molar-refractivity contribution in [3.8, 4) is 0 Å². The van der Waals surface area contributed by atoms with E-state index in [1.807, 2.05) is 30.3 Å². The lowest BCUT2D eigenvalue weighted by molar-refractivity contribution is 0.203. The quantitative estimate of drug-likeness (QED) is 0.255. The zero-order valence-corrected chi connectivity index (χ0v) is 16.8.